The number of rotatable bonds is 0. The van der Waals surface area contributed by atoms with Crippen LogP contribution in [0.2, 0.25) is 0 Å². The second-order valence-electron chi connectivity index (χ2n) is 2.02. The molecule has 0 amide bonds. The number of benzene rings is 1. The van der Waals surface area contributed by atoms with Crippen LogP contribution in [0, 0.1) is 5.82 Å². The maximum atomic E-state index is 12.5. The van der Waals surface area contributed by atoms with Crippen LogP contribution < -0.4 is 11.2 Å². The Kier molecular flexibility index (Phi) is 1.43. The lowest BCUT2D eigenvalue weighted by Gasteiger charge is -1.95. The van der Waals surface area contributed by atoms with Gasteiger partial charge in [0, 0.05) is 0 Å². The van der Waals surface area contributed by atoms with E-state index in [2.05, 4.69) is 0 Å². The highest BCUT2D eigenvalue weighted by Gasteiger charge is 1.93. The van der Waals surface area contributed by atoms with Crippen LogP contribution in [0.25, 0.3) is 0 Å². The van der Waals surface area contributed by atoms with Crippen LogP contribution >= 0.6 is 0 Å². The Morgan fingerprint density at radius 3 is 2.56 bits per heavy atom. The highest BCUT2D eigenvalue weighted by molar-refractivity contribution is 6.32. The summed E-state index contributed by atoms with van der Waals surface area (Å²) in [7, 11) is 1.82. The maximum Gasteiger partial charge on any atom is 0.145 e. The fourth-order valence-electron chi connectivity index (χ4n) is 0.632. The summed E-state index contributed by atoms with van der Waals surface area (Å²) in [5, 5.41) is 0. The first-order valence-electron chi connectivity index (χ1n) is 2.72. The highest BCUT2D eigenvalue weighted by Crippen LogP contribution is 2.04. The molecule has 0 bridgehead atoms. The molecular weight excluding hydrogens is 116 g/mol. The molecule has 46 valence electrons. The van der Waals surface area contributed by atoms with E-state index in [-0.39, 0.29) is 11.5 Å². The number of nitrogen functional groups attached to an aromatic ring is 1. The first-order chi connectivity index (χ1) is 4.20. The molecule has 0 saturated heterocycles. The van der Waals surface area contributed by atoms with Gasteiger partial charge in [-0.05, 0) is 12.1 Å². The summed E-state index contributed by atoms with van der Waals surface area (Å²) >= 11 is 0. The Bertz CT molecular complexity index is 224. The van der Waals surface area contributed by atoms with E-state index < -0.39 is 0 Å². The smallest absolute Gasteiger partial charge is 0.145 e. The Morgan fingerprint density at radius 2 is 2.11 bits per heavy atom. The lowest BCUT2D eigenvalue weighted by Crippen LogP contribution is -2.03. The SMILES string of the molecule is Bc1ccc(N)c(F)c1. The third kappa shape index (κ3) is 1.22. The Morgan fingerprint density at radius 1 is 1.44 bits per heavy atom. The summed E-state index contributed by atoms with van der Waals surface area (Å²) in [6.45, 7) is 0. The molecular formula is C6H7BFN. The molecule has 1 aromatic carbocycles. The largest absolute Gasteiger partial charge is 0.396 e. The zero-order valence-electron chi connectivity index (χ0n) is 5.19. The van der Waals surface area contributed by atoms with E-state index in [0.717, 1.165) is 5.46 Å². The normalized spacial score (nSPS) is 9.44. The van der Waals surface area contributed by atoms with E-state index in [1.54, 1.807) is 12.1 Å². The summed E-state index contributed by atoms with van der Waals surface area (Å²) in [4.78, 5) is 0. The molecule has 0 radical (unpaired) electrons. The van der Waals surface area contributed by atoms with Gasteiger partial charge in [0.2, 0.25) is 0 Å². The minimum absolute atomic E-state index is 0.209. The van der Waals surface area contributed by atoms with Gasteiger partial charge in [-0.2, -0.15) is 0 Å². The van der Waals surface area contributed by atoms with Crippen molar-refractivity contribution in [1.29, 1.82) is 0 Å². The summed E-state index contributed by atoms with van der Waals surface area (Å²) < 4.78 is 12.5. The Balaban J connectivity index is 3.17. The second kappa shape index (κ2) is 2.09. The van der Waals surface area contributed by atoms with Gasteiger partial charge in [0.15, 0.2) is 0 Å². The minimum atomic E-state index is -0.338. The average Bonchev–Trinajstić information content (AvgIpc) is 1.80. The first-order valence-corrected chi connectivity index (χ1v) is 2.72. The maximum absolute atomic E-state index is 12.5. The van der Waals surface area contributed by atoms with E-state index in [1.807, 2.05) is 7.85 Å². The van der Waals surface area contributed by atoms with E-state index in [9.17, 15) is 4.39 Å². The van der Waals surface area contributed by atoms with Crippen molar-refractivity contribution >= 4 is 19.0 Å². The molecule has 0 aliphatic carbocycles. The molecule has 0 heterocycles. The first kappa shape index (κ1) is 6.14. The minimum Gasteiger partial charge on any atom is -0.396 e. The molecule has 1 aromatic rings. The Hall–Kier alpha value is -0.985. The van der Waals surface area contributed by atoms with Crippen molar-refractivity contribution in [2.75, 3.05) is 5.73 Å². The fraction of sp³-hybridized carbons (Fsp3) is 0. The van der Waals surface area contributed by atoms with Crippen molar-refractivity contribution < 1.29 is 4.39 Å². The van der Waals surface area contributed by atoms with Gasteiger partial charge < -0.3 is 5.73 Å². The van der Waals surface area contributed by atoms with Gasteiger partial charge in [0.1, 0.15) is 13.7 Å². The summed E-state index contributed by atoms with van der Waals surface area (Å²) in [5.74, 6) is -0.338. The van der Waals surface area contributed by atoms with Crippen molar-refractivity contribution in [3.8, 4) is 0 Å². The molecule has 0 spiro atoms. The molecule has 1 rings (SSSR count). The van der Waals surface area contributed by atoms with Crippen molar-refractivity contribution in [3.63, 3.8) is 0 Å². The van der Waals surface area contributed by atoms with Gasteiger partial charge in [0.25, 0.3) is 0 Å². The number of anilines is 1. The fourth-order valence-corrected chi connectivity index (χ4v) is 0.632. The van der Waals surface area contributed by atoms with Crippen LogP contribution in [0.1, 0.15) is 0 Å². The predicted octanol–water partition coefficient (Wildman–Crippen LogP) is -0.334. The van der Waals surface area contributed by atoms with Gasteiger partial charge in [-0.3, -0.25) is 0 Å². The summed E-state index contributed by atoms with van der Waals surface area (Å²) in [5.41, 5.74) is 6.31. The zero-order chi connectivity index (χ0) is 6.85. The van der Waals surface area contributed by atoms with Crippen LogP contribution in [-0.2, 0) is 0 Å². The molecule has 0 aliphatic heterocycles. The van der Waals surface area contributed by atoms with E-state index in [1.165, 1.54) is 6.07 Å². The lowest BCUT2D eigenvalue weighted by atomic mass is 9.96. The van der Waals surface area contributed by atoms with Crippen LogP contribution in [0.5, 0.6) is 0 Å². The van der Waals surface area contributed by atoms with Crippen LogP contribution in [0.4, 0.5) is 10.1 Å². The highest BCUT2D eigenvalue weighted by atomic mass is 19.1. The molecule has 0 unspecified atom stereocenters. The van der Waals surface area contributed by atoms with E-state index in [4.69, 9.17) is 5.73 Å². The Labute approximate surface area is 54.1 Å². The van der Waals surface area contributed by atoms with Crippen molar-refractivity contribution in [2.45, 2.75) is 0 Å². The molecule has 0 fully saturated rings. The van der Waals surface area contributed by atoms with Crippen LogP contribution in [0.15, 0.2) is 18.2 Å². The quantitative estimate of drug-likeness (QED) is 0.370. The van der Waals surface area contributed by atoms with Crippen LogP contribution in [-0.4, -0.2) is 7.85 Å². The van der Waals surface area contributed by atoms with Gasteiger partial charge >= 0.3 is 0 Å². The molecule has 0 aromatic heterocycles. The van der Waals surface area contributed by atoms with Gasteiger partial charge in [-0.1, -0.05) is 11.5 Å². The zero-order valence-corrected chi connectivity index (χ0v) is 5.19. The molecule has 2 N–H and O–H groups in total. The van der Waals surface area contributed by atoms with Crippen molar-refractivity contribution in [3.05, 3.63) is 24.0 Å². The molecule has 3 heteroatoms. The third-order valence-electron chi connectivity index (χ3n) is 1.16. The standard InChI is InChI=1S/C6H7BFN/c7-4-1-2-6(9)5(8)3-4/h1-3H,7,9H2. The number of hydrogen-bond donors (Lipinski definition) is 1. The third-order valence-corrected chi connectivity index (χ3v) is 1.16. The van der Waals surface area contributed by atoms with Crippen molar-refractivity contribution in [1.82, 2.24) is 0 Å². The number of halogens is 1. The van der Waals surface area contributed by atoms with Crippen molar-refractivity contribution in [2.24, 2.45) is 0 Å². The molecule has 0 atom stereocenters. The predicted molar refractivity (Wildman–Crippen MR) is 39.0 cm³/mol. The van der Waals surface area contributed by atoms with Gasteiger partial charge in [-0.25, -0.2) is 4.39 Å². The van der Waals surface area contributed by atoms with Gasteiger partial charge in [0.05, 0.1) is 5.69 Å². The monoisotopic (exact) mass is 123 g/mol. The molecule has 9 heavy (non-hydrogen) atoms. The lowest BCUT2D eigenvalue weighted by molar-refractivity contribution is 0.633. The molecule has 0 aliphatic rings. The van der Waals surface area contributed by atoms with Gasteiger partial charge in [-0.15, -0.1) is 0 Å². The molecule has 1 nitrogen and oxygen atoms in total. The molecule has 0 saturated carbocycles. The van der Waals surface area contributed by atoms with Crippen LogP contribution in [0.3, 0.4) is 0 Å². The topological polar surface area (TPSA) is 26.0 Å². The number of hydrogen-bond acceptors (Lipinski definition) is 1. The van der Waals surface area contributed by atoms with E-state index in [0.29, 0.717) is 0 Å². The summed E-state index contributed by atoms with van der Waals surface area (Å²) in [6.07, 6.45) is 0. The second-order valence-corrected chi connectivity index (χ2v) is 2.02. The summed E-state index contributed by atoms with van der Waals surface area (Å²) in [6, 6.07) is 4.75. The average molecular weight is 123 g/mol. The van der Waals surface area contributed by atoms with E-state index >= 15 is 0 Å². The number of nitrogens with two attached hydrogens (primary N) is 1.